The Morgan fingerprint density at radius 3 is 2.38 bits per heavy atom. The van der Waals surface area contributed by atoms with E-state index < -0.39 is 0 Å². The summed E-state index contributed by atoms with van der Waals surface area (Å²) in [6.45, 7) is 0. The van der Waals surface area contributed by atoms with E-state index in [2.05, 4.69) is 22.8 Å². The van der Waals surface area contributed by atoms with Crippen molar-refractivity contribution < 1.29 is 19.0 Å². The molecule has 6 nitrogen and oxygen atoms in total. The molecule has 1 aliphatic rings. The fourth-order valence-corrected chi connectivity index (χ4v) is 3.38. The summed E-state index contributed by atoms with van der Waals surface area (Å²) in [5, 5.41) is 5.92. The van der Waals surface area contributed by atoms with E-state index in [9.17, 15) is 4.79 Å². The number of carbonyl (C=O) groups excluding carboxylic acids is 1. The van der Waals surface area contributed by atoms with Crippen LogP contribution in [-0.2, 0) is 6.42 Å². The molecule has 0 heterocycles. The van der Waals surface area contributed by atoms with Gasteiger partial charge in [-0.1, -0.05) is 24.3 Å². The first kappa shape index (κ1) is 17.9. The van der Waals surface area contributed by atoms with Crippen LogP contribution in [0.25, 0.3) is 0 Å². The van der Waals surface area contributed by atoms with Crippen molar-refractivity contribution in [2.24, 2.45) is 0 Å². The highest BCUT2D eigenvalue weighted by atomic mass is 16.5. The Bertz CT molecular complexity index is 766. The second kappa shape index (κ2) is 7.99. The first-order valence-corrected chi connectivity index (χ1v) is 8.61. The second-order valence-corrected chi connectivity index (χ2v) is 6.16. The van der Waals surface area contributed by atoms with Crippen molar-refractivity contribution >= 4 is 11.7 Å². The molecule has 2 amide bonds. The number of anilines is 1. The summed E-state index contributed by atoms with van der Waals surface area (Å²) in [6.07, 6.45) is 3.05. The van der Waals surface area contributed by atoms with Gasteiger partial charge in [-0.3, -0.25) is 0 Å². The molecule has 0 fully saturated rings. The van der Waals surface area contributed by atoms with Gasteiger partial charge < -0.3 is 24.8 Å². The number of hydrogen-bond acceptors (Lipinski definition) is 4. The minimum atomic E-state index is -0.263. The average Bonchev–Trinajstić information content (AvgIpc) is 2.67. The van der Waals surface area contributed by atoms with Gasteiger partial charge in [-0.25, -0.2) is 4.79 Å². The van der Waals surface area contributed by atoms with Crippen LogP contribution in [0.4, 0.5) is 10.5 Å². The summed E-state index contributed by atoms with van der Waals surface area (Å²) in [7, 11) is 4.63. The number of rotatable bonds is 5. The van der Waals surface area contributed by atoms with Crippen LogP contribution < -0.4 is 24.8 Å². The quantitative estimate of drug-likeness (QED) is 0.852. The first-order valence-electron chi connectivity index (χ1n) is 8.61. The van der Waals surface area contributed by atoms with Gasteiger partial charge in [0.05, 0.1) is 33.1 Å². The van der Waals surface area contributed by atoms with Crippen molar-refractivity contribution in [2.75, 3.05) is 26.6 Å². The van der Waals surface area contributed by atoms with Crippen LogP contribution >= 0.6 is 0 Å². The summed E-state index contributed by atoms with van der Waals surface area (Å²) in [5.41, 5.74) is 3.07. The topological polar surface area (TPSA) is 68.8 Å². The van der Waals surface area contributed by atoms with Crippen molar-refractivity contribution in [2.45, 2.75) is 25.3 Å². The zero-order valence-electron chi connectivity index (χ0n) is 15.3. The minimum Gasteiger partial charge on any atom is -0.493 e. The molecule has 0 spiro atoms. The van der Waals surface area contributed by atoms with Crippen molar-refractivity contribution in [3.8, 4) is 17.2 Å². The molecule has 2 aromatic carbocycles. The van der Waals surface area contributed by atoms with Crippen LogP contribution in [0.15, 0.2) is 36.4 Å². The fraction of sp³-hybridized carbons (Fsp3) is 0.350. The zero-order chi connectivity index (χ0) is 18.5. The zero-order valence-corrected chi connectivity index (χ0v) is 15.3. The number of hydrogen-bond donors (Lipinski definition) is 2. The maximum atomic E-state index is 12.5. The van der Waals surface area contributed by atoms with Crippen LogP contribution in [0, 0.1) is 0 Å². The number of aryl methyl sites for hydroxylation is 1. The van der Waals surface area contributed by atoms with Crippen LogP contribution in [0.1, 0.15) is 30.0 Å². The Labute approximate surface area is 153 Å². The predicted octanol–water partition coefficient (Wildman–Crippen LogP) is 3.91. The second-order valence-electron chi connectivity index (χ2n) is 6.16. The summed E-state index contributed by atoms with van der Waals surface area (Å²) < 4.78 is 15.9. The van der Waals surface area contributed by atoms with E-state index in [0.29, 0.717) is 22.9 Å². The Kier molecular flexibility index (Phi) is 5.51. The molecule has 0 radical (unpaired) electrons. The highest BCUT2D eigenvalue weighted by molar-refractivity contribution is 5.90. The maximum absolute atomic E-state index is 12.5. The highest BCUT2D eigenvalue weighted by Crippen LogP contribution is 2.40. The Hall–Kier alpha value is -2.89. The molecule has 6 heteroatoms. The van der Waals surface area contributed by atoms with E-state index in [-0.39, 0.29) is 12.1 Å². The number of urea groups is 1. The lowest BCUT2D eigenvalue weighted by molar-refractivity contribution is 0.247. The first-order chi connectivity index (χ1) is 12.7. The smallest absolute Gasteiger partial charge is 0.319 e. The van der Waals surface area contributed by atoms with E-state index >= 15 is 0 Å². The van der Waals surface area contributed by atoms with Gasteiger partial charge in [0.2, 0.25) is 5.75 Å². The molecular formula is C20H24N2O4. The lowest BCUT2D eigenvalue weighted by Crippen LogP contribution is -2.34. The number of nitrogens with one attached hydrogen (secondary N) is 2. The number of methoxy groups -OCH3 is 3. The standard InChI is InChI=1S/C20H24N2O4/c1-24-17-11-14(12-18(25-2)19(17)26-3)21-20(23)22-16-10-6-8-13-7-4-5-9-15(13)16/h4-5,7,9,11-12,16H,6,8,10H2,1-3H3,(H2,21,22,23). The molecule has 0 bridgehead atoms. The van der Waals surface area contributed by atoms with E-state index in [0.717, 1.165) is 19.3 Å². The molecule has 0 aromatic heterocycles. The number of ether oxygens (including phenoxy) is 3. The lowest BCUT2D eigenvalue weighted by atomic mass is 9.88. The molecule has 2 N–H and O–H groups in total. The Morgan fingerprint density at radius 2 is 1.73 bits per heavy atom. The van der Waals surface area contributed by atoms with E-state index in [4.69, 9.17) is 14.2 Å². The number of fused-ring (bicyclic) bond motifs is 1. The Balaban J connectivity index is 1.75. The van der Waals surface area contributed by atoms with Gasteiger partial charge in [0.1, 0.15) is 0 Å². The van der Waals surface area contributed by atoms with Crippen LogP contribution in [0.5, 0.6) is 17.2 Å². The molecule has 138 valence electrons. The number of amides is 2. The van der Waals surface area contributed by atoms with Crippen LogP contribution in [-0.4, -0.2) is 27.4 Å². The third-order valence-electron chi connectivity index (χ3n) is 4.60. The molecule has 0 saturated heterocycles. The monoisotopic (exact) mass is 356 g/mol. The van der Waals surface area contributed by atoms with E-state index in [1.54, 1.807) is 33.5 Å². The number of carbonyl (C=O) groups is 1. The molecule has 3 rings (SSSR count). The van der Waals surface area contributed by atoms with Gasteiger partial charge in [0.25, 0.3) is 0 Å². The molecule has 26 heavy (non-hydrogen) atoms. The number of benzene rings is 2. The molecule has 1 aliphatic carbocycles. The summed E-state index contributed by atoms with van der Waals surface area (Å²) in [4.78, 5) is 12.5. The van der Waals surface area contributed by atoms with Crippen molar-refractivity contribution in [1.82, 2.24) is 5.32 Å². The third-order valence-corrected chi connectivity index (χ3v) is 4.60. The lowest BCUT2D eigenvalue weighted by Gasteiger charge is -2.26. The largest absolute Gasteiger partial charge is 0.493 e. The van der Waals surface area contributed by atoms with Crippen molar-refractivity contribution in [3.63, 3.8) is 0 Å². The molecule has 0 aliphatic heterocycles. The molecule has 0 saturated carbocycles. The molecule has 1 unspecified atom stereocenters. The van der Waals surface area contributed by atoms with Gasteiger partial charge in [0, 0.05) is 12.1 Å². The van der Waals surface area contributed by atoms with Crippen molar-refractivity contribution in [3.05, 3.63) is 47.5 Å². The van der Waals surface area contributed by atoms with Gasteiger partial charge in [-0.15, -0.1) is 0 Å². The maximum Gasteiger partial charge on any atom is 0.319 e. The van der Waals surface area contributed by atoms with E-state index in [1.165, 1.54) is 11.1 Å². The fourth-order valence-electron chi connectivity index (χ4n) is 3.38. The van der Waals surface area contributed by atoms with Crippen molar-refractivity contribution in [1.29, 1.82) is 0 Å². The Morgan fingerprint density at radius 1 is 1.04 bits per heavy atom. The summed E-state index contributed by atoms with van der Waals surface area (Å²) in [6, 6.07) is 11.4. The van der Waals surface area contributed by atoms with Gasteiger partial charge in [-0.05, 0) is 30.4 Å². The SMILES string of the molecule is COc1cc(NC(=O)NC2CCCc3ccccc32)cc(OC)c1OC. The average molecular weight is 356 g/mol. The molecular weight excluding hydrogens is 332 g/mol. The van der Waals surface area contributed by atoms with Crippen LogP contribution in [0.3, 0.4) is 0 Å². The minimum absolute atomic E-state index is 0.0157. The molecule has 2 aromatic rings. The third kappa shape index (κ3) is 3.69. The molecule has 1 atom stereocenters. The van der Waals surface area contributed by atoms with E-state index in [1.807, 2.05) is 12.1 Å². The highest BCUT2D eigenvalue weighted by Gasteiger charge is 2.22. The van der Waals surface area contributed by atoms with Gasteiger partial charge in [-0.2, -0.15) is 0 Å². The normalized spacial score (nSPS) is 15.6. The van der Waals surface area contributed by atoms with Crippen LogP contribution in [0.2, 0.25) is 0 Å². The summed E-state index contributed by atoms with van der Waals surface area (Å²) >= 11 is 0. The van der Waals surface area contributed by atoms with Gasteiger partial charge in [0.15, 0.2) is 11.5 Å². The predicted molar refractivity (Wildman–Crippen MR) is 100 cm³/mol. The summed E-state index contributed by atoms with van der Waals surface area (Å²) in [5.74, 6) is 1.47. The van der Waals surface area contributed by atoms with Gasteiger partial charge >= 0.3 is 6.03 Å².